The van der Waals surface area contributed by atoms with Gasteiger partial charge in [-0.15, -0.1) is 0 Å². The Balaban J connectivity index is 1.41. The molecule has 3 rings (SSSR count). The molecule has 0 spiro atoms. The van der Waals surface area contributed by atoms with Crippen molar-refractivity contribution in [1.82, 2.24) is 0 Å². The lowest BCUT2D eigenvalue weighted by molar-refractivity contribution is -0.144. The molecule has 0 heterocycles. The highest BCUT2D eigenvalue weighted by Crippen LogP contribution is 2.50. The van der Waals surface area contributed by atoms with Crippen molar-refractivity contribution in [3.8, 4) is 0 Å². The minimum absolute atomic E-state index is 0.370. The molecule has 2 N–H and O–H groups in total. The van der Waals surface area contributed by atoms with Gasteiger partial charge in [-0.2, -0.15) is 0 Å². The molecule has 4 heteroatoms. The zero-order valence-corrected chi connectivity index (χ0v) is 21.1. The maximum atomic E-state index is 11.3. The van der Waals surface area contributed by atoms with Crippen LogP contribution in [-0.2, 0) is 22.4 Å². The predicted octanol–water partition coefficient (Wildman–Crippen LogP) is 7.33. The number of rotatable bonds is 16. The number of carboxylic acids is 2. The highest BCUT2D eigenvalue weighted by Gasteiger charge is 2.49. The Morgan fingerprint density at radius 2 is 1.15 bits per heavy atom. The van der Waals surface area contributed by atoms with Crippen molar-refractivity contribution in [2.75, 3.05) is 0 Å². The monoisotopic (exact) mass is 456 g/mol. The summed E-state index contributed by atoms with van der Waals surface area (Å²) in [7, 11) is 0. The van der Waals surface area contributed by atoms with Crippen LogP contribution in [0, 0.1) is 31.6 Å². The molecule has 2 saturated carbocycles. The van der Waals surface area contributed by atoms with Crippen LogP contribution in [-0.4, -0.2) is 22.2 Å². The second kappa shape index (κ2) is 11.1. The van der Waals surface area contributed by atoms with Crippen molar-refractivity contribution in [3.05, 3.63) is 33.9 Å². The number of benzene rings is 1. The van der Waals surface area contributed by atoms with Crippen LogP contribution in [0.2, 0.25) is 0 Å². The minimum Gasteiger partial charge on any atom is -0.481 e. The quantitative estimate of drug-likeness (QED) is 0.255. The average Bonchev–Trinajstić information content (AvgIpc) is 3.68. The first-order chi connectivity index (χ1) is 15.7. The Morgan fingerprint density at radius 3 is 1.61 bits per heavy atom. The summed E-state index contributed by atoms with van der Waals surface area (Å²) in [4.78, 5) is 22.6. The van der Waals surface area contributed by atoms with Gasteiger partial charge in [-0.25, -0.2) is 0 Å². The summed E-state index contributed by atoms with van der Waals surface area (Å²) < 4.78 is 0. The van der Waals surface area contributed by atoms with Crippen LogP contribution < -0.4 is 0 Å². The topological polar surface area (TPSA) is 74.6 Å². The Hall–Kier alpha value is -1.84. The third-order valence-corrected chi connectivity index (χ3v) is 8.68. The number of carboxylic acid groups (broad SMARTS) is 2. The number of carbonyl (C=O) groups is 2. The molecule has 0 unspecified atom stereocenters. The van der Waals surface area contributed by atoms with Crippen LogP contribution in [0.5, 0.6) is 0 Å². The van der Waals surface area contributed by atoms with Gasteiger partial charge < -0.3 is 10.2 Å². The molecule has 2 aliphatic rings. The van der Waals surface area contributed by atoms with Gasteiger partial charge in [0.15, 0.2) is 0 Å². The molecule has 4 nitrogen and oxygen atoms in total. The smallest absolute Gasteiger partial charge is 0.309 e. The normalized spacial score (nSPS) is 17.7. The van der Waals surface area contributed by atoms with Crippen LogP contribution in [0.15, 0.2) is 6.07 Å². The first kappa shape index (κ1) is 25.8. The van der Waals surface area contributed by atoms with E-state index < -0.39 is 11.9 Å². The van der Waals surface area contributed by atoms with Crippen LogP contribution in [0.4, 0.5) is 0 Å². The predicted molar refractivity (Wildman–Crippen MR) is 133 cm³/mol. The lowest BCUT2D eigenvalue weighted by atomic mass is 9.88. The largest absolute Gasteiger partial charge is 0.481 e. The van der Waals surface area contributed by atoms with E-state index in [1.165, 1.54) is 53.5 Å². The van der Waals surface area contributed by atoms with Crippen molar-refractivity contribution in [2.45, 2.75) is 124 Å². The summed E-state index contributed by atoms with van der Waals surface area (Å²) in [5.74, 6) is -1.18. The fourth-order valence-corrected chi connectivity index (χ4v) is 5.49. The molecule has 1 aromatic carbocycles. The molecule has 0 aromatic heterocycles. The Labute approximate surface area is 200 Å². The van der Waals surface area contributed by atoms with Gasteiger partial charge in [0, 0.05) is 0 Å². The summed E-state index contributed by atoms with van der Waals surface area (Å²) in [5.41, 5.74) is 6.54. The zero-order valence-electron chi connectivity index (χ0n) is 21.1. The molecule has 2 aliphatic carbocycles. The third-order valence-electron chi connectivity index (χ3n) is 8.68. The fourth-order valence-electron chi connectivity index (χ4n) is 5.49. The standard InChI is InChI=1S/C29H44O4/c1-21-20-24(12-8-4-6-10-14-28(16-17-28)26(30)31)25(23(3)22(21)2)13-9-5-7-11-15-29(18-19-29)27(32)33/h20H,4-19H2,1-3H3,(H,30,31)(H,32,33). The molecule has 0 atom stereocenters. The molecule has 0 saturated heterocycles. The highest BCUT2D eigenvalue weighted by molar-refractivity contribution is 5.78. The van der Waals surface area contributed by atoms with Crippen LogP contribution >= 0.6 is 0 Å². The molecule has 33 heavy (non-hydrogen) atoms. The van der Waals surface area contributed by atoms with E-state index in [0.717, 1.165) is 77.0 Å². The van der Waals surface area contributed by atoms with Crippen molar-refractivity contribution in [2.24, 2.45) is 10.8 Å². The van der Waals surface area contributed by atoms with Crippen LogP contribution in [0.1, 0.15) is 118 Å². The van der Waals surface area contributed by atoms with Gasteiger partial charge in [0.25, 0.3) is 0 Å². The van der Waals surface area contributed by atoms with E-state index in [0.29, 0.717) is 0 Å². The van der Waals surface area contributed by atoms with Crippen LogP contribution in [0.25, 0.3) is 0 Å². The van der Waals surface area contributed by atoms with Gasteiger partial charge in [0.2, 0.25) is 0 Å². The van der Waals surface area contributed by atoms with Gasteiger partial charge in [0.05, 0.1) is 10.8 Å². The van der Waals surface area contributed by atoms with E-state index in [4.69, 9.17) is 0 Å². The maximum Gasteiger partial charge on any atom is 0.309 e. The van der Waals surface area contributed by atoms with Crippen molar-refractivity contribution < 1.29 is 19.8 Å². The SMILES string of the molecule is Cc1cc(CCCCCCC2(C(=O)O)CC2)c(CCCCCCC2(C(=O)O)CC2)c(C)c1C. The van der Waals surface area contributed by atoms with Gasteiger partial charge in [-0.05, 0) is 113 Å². The second-order valence-corrected chi connectivity index (χ2v) is 11.1. The van der Waals surface area contributed by atoms with E-state index in [1.807, 2.05) is 0 Å². The molecule has 184 valence electrons. The van der Waals surface area contributed by atoms with Crippen molar-refractivity contribution in [1.29, 1.82) is 0 Å². The number of hydrogen-bond acceptors (Lipinski definition) is 2. The molecule has 0 radical (unpaired) electrons. The lowest BCUT2D eigenvalue weighted by Gasteiger charge is -2.18. The molecule has 1 aromatic rings. The third kappa shape index (κ3) is 6.61. The summed E-state index contributed by atoms with van der Waals surface area (Å²) in [5, 5.41) is 18.6. The number of hydrogen-bond donors (Lipinski definition) is 2. The van der Waals surface area contributed by atoms with E-state index in [9.17, 15) is 19.8 Å². The van der Waals surface area contributed by atoms with Gasteiger partial charge in [-0.1, -0.05) is 44.6 Å². The average molecular weight is 457 g/mol. The van der Waals surface area contributed by atoms with E-state index in [-0.39, 0.29) is 10.8 Å². The first-order valence-corrected chi connectivity index (χ1v) is 13.3. The van der Waals surface area contributed by atoms with Crippen molar-refractivity contribution in [3.63, 3.8) is 0 Å². The fraction of sp³-hybridized carbons (Fsp3) is 0.724. The van der Waals surface area contributed by atoms with E-state index in [1.54, 1.807) is 0 Å². The van der Waals surface area contributed by atoms with E-state index in [2.05, 4.69) is 26.8 Å². The van der Waals surface area contributed by atoms with Crippen molar-refractivity contribution >= 4 is 11.9 Å². The Morgan fingerprint density at radius 1 is 0.697 bits per heavy atom. The minimum atomic E-state index is -0.591. The lowest BCUT2D eigenvalue weighted by Crippen LogP contribution is -2.14. The molecular weight excluding hydrogens is 412 g/mol. The summed E-state index contributed by atoms with van der Waals surface area (Å²) >= 11 is 0. The molecule has 0 aliphatic heterocycles. The van der Waals surface area contributed by atoms with Gasteiger partial charge in [-0.3, -0.25) is 9.59 Å². The molecule has 0 amide bonds. The Bertz CT molecular complexity index is 846. The summed E-state index contributed by atoms with van der Waals surface area (Å²) in [6.07, 6.45) is 16.4. The number of aryl methyl sites for hydroxylation is 2. The van der Waals surface area contributed by atoms with E-state index >= 15 is 0 Å². The number of unbranched alkanes of at least 4 members (excludes halogenated alkanes) is 6. The first-order valence-electron chi connectivity index (χ1n) is 13.3. The highest BCUT2D eigenvalue weighted by atomic mass is 16.4. The summed E-state index contributed by atoms with van der Waals surface area (Å²) in [6, 6.07) is 2.39. The number of aliphatic carboxylic acids is 2. The molecule has 2 fully saturated rings. The molecular formula is C29H44O4. The molecule has 0 bridgehead atoms. The zero-order chi connectivity index (χ0) is 24.1. The van der Waals surface area contributed by atoms with Gasteiger partial charge in [0.1, 0.15) is 0 Å². The second-order valence-electron chi connectivity index (χ2n) is 11.1. The van der Waals surface area contributed by atoms with Crippen LogP contribution in [0.3, 0.4) is 0 Å². The van der Waals surface area contributed by atoms with Gasteiger partial charge >= 0.3 is 11.9 Å². The maximum absolute atomic E-state index is 11.3. The Kier molecular flexibility index (Phi) is 8.64. The summed E-state index contributed by atoms with van der Waals surface area (Å²) in [6.45, 7) is 6.72.